The Morgan fingerprint density at radius 1 is 0.847 bits per heavy atom. The van der Waals surface area contributed by atoms with Crippen LogP contribution in [0.5, 0.6) is 0 Å². The van der Waals surface area contributed by atoms with Crippen LogP contribution in [0, 0.1) is 22.7 Å². The van der Waals surface area contributed by atoms with Crippen molar-refractivity contribution in [2.45, 2.75) is 88.3 Å². The number of aliphatic hydroxyl groups excluding tert-OH is 2. The largest absolute Gasteiger partial charge is 0.390 e. The van der Waals surface area contributed by atoms with Crippen molar-refractivity contribution < 1.29 is 71.4 Å². The zero-order chi connectivity index (χ0) is 51.3. The number of nitrogens with zero attached hydrogens (tertiary/aromatic N) is 1. The van der Waals surface area contributed by atoms with Gasteiger partial charge in [-0.05, 0) is 72.9 Å². The first-order valence-corrected chi connectivity index (χ1v) is 24.7. The van der Waals surface area contributed by atoms with E-state index in [-0.39, 0.29) is 75.8 Å². The highest BCUT2D eigenvalue weighted by atomic mass is 19.1. The Labute approximate surface area is 417 Å². The Morgan fingerprint density at radius 3 is 2.19 bits per heavy atom. The third-order valence-corrected chi connectivity index (χ3v) is 15.5. The number of anilines is 1. The molecule has 2 aromatic carbocycles. The lowest BCUT2D eigenvalue weighted by Gasteiger charge is -2.63. The summed E-state index contributed by atoms with van der Waals surface area (Å²) < 4.78 is 69.1. The van der Waals surface area contributed by atoms with Gasteiger partial charge < -0.3 is 49.3 Å². The van der Waals surface area contributed by atoms with Gasteiger partial charge in [0.2, 0.25) is 11.8 Å². The van der Waals surface area contributed by atoms with Gasteiger partial charge in [-0.1, -0.05) is 68.1 Å². The molecule has 0 radical (unpaired) electrons. The second-order valence-corrected chi connectivity index (χ2v) is 19.8. The van der Waals surface area contributed by atoms with Gasteiger partial charge in [0.25, 0.3) is 11.8 Å². The summed E-state index contributed by atoms with van der Waals surface area (Å²) in [5.74, 6) is -3.49. The monoisotopic (exact) mass is 1000 g/mol. The van der Waals surface area contributed by atoms with Gasteiger partial charge in [-0.25, -0.2) is 8.78 Å². The van der Waals surface area contributed by atoms with E-state index >= 15 is 8.78 Å². The molecule has 10 atom stereocenters. The molecule has 2 aliphatic heterocycles. The summed E-state index contributed by atoms with van der Waals surface area (Å²) in [4.78, 5) is 62.7. The van der Waals surface area contributed by atoms with Crippen molar-refractivity contribution in [1.82, 2.24) is 10.2 Å². The molecular formula is C54H65F2N3O13. The number of ether oxygens (including phenoxy) is 6. The van der Waals surface area contributed by atoms with Gasteiger partial charge in [0, 0.05) is 59.7 Å². The molecule has 4 aliphatic carbocycles. The van der Waals surface area contributed by atoms with E-state index in [0.29, 0.717) is 62.9 Å². The molecule has 0 aromatic heterocycles. The van der Waals surface area contributed by atoms with E-state index in [1.165, 1.54) is 12.2 Å². The number of amides is 4. The molecule has 8 rings (SSSR count). The number of imide groups is 1. The molecular weight excluding hydrogens is 937 g/mol. The summed E-state index contributed by atoms with van der Waals surface area (Å²) in [6.07, 6.45) is 2.91. The smallest absolute Gasteiger partial charge is 0.253 e. The summed E-state index contributed by atoms with van der Waals surface area (Å²) in [6.45, 7) is 9.34. The zero-order valence-corrected chi connectivity index (χ0v) is 40.8. The first kappa shape index (κ1) is 53.0. The van der Waals surface area contributed by atoms with E-state index in [9.17, 15) is 34.2 Å². The second-order valence-electron chi connectivity index (χ2n) is 19.8. The first-order valence-electron chi connectivity index (χ1n) is 24.7. The number of hydrogen-bond donors (Lipinski definition) is 4. The molecule has 3 saturated carbocycles. The van der Waals surface area contributed by atoms with E-state index in [1.54, 1.807) is 32.1 Å². The number of allylic oxidation sites excluding steroid dienone is 5. The molecule has 16 nitrogen and oxygen atoms in total. The summed E-state index contributed by atoms with van der Waals surface area (Å²) >= 11 is 0. The highest BCUT2D eigenvalue weighted by Gasteiger charge is 2.80. The normalized spacial score (nSPS) is 31.2. The lowest BCUT2D eigenvalue weighted by molar-refractivity contribution is -0.235. The number of ketones is 1. The number of alkyl halides is 2. The van der Waals surface area contributed by atoms with Gasteiger partial charge in [0.15, 0.2) is 23.3 Å². The van der Waals surface area contributed by atoms with Crippen molar-refractivity contribution >= 4 is 35.1 Å². The maximum absolute atomic E-state index is 17.8. The highest BCUT2D eigenvalue weighted by molar-refractivity contribution is 6.13. The van der Waals surface area contributed by atoms with Crippen molar-refractivity contribution in [2.75, 3.05) is 77.9 Å². The fourth-order valence-corrected chi connectivity index (χ4v) is 11.9. The van der Waals surface area contributed by atoms with Crippen LogP contribution in [0.4, 0.5) is 14.5 Å². The molecule has 72 heavy (non-hydrogen) atoms. The number of Topliss-reactive ketones (excluding diaryl/α,β-unsaturated/α-hetero) is 1. The quantitative estimate of drug-likeness (QED) is 0.0830. The Balaban J connectivity index is 0.723. The Kier molecular flexibility index (Phi) is 16.5. The second kappa shape index (κ2) is 22.4. The number of halogens is 2. The van der Waals surface area contributed by atoms with Gasteiger partial charge in [-0.15, -0.1) is 0 Å². The number of carbonyl (C=O) groups is 5. The molecule has 2 heterocycles. The summed E-state index contributed by atoms with van der Waals surface area (Å²) in [5.41, 5.74) is -2.52. The molecule has 388 valence electrons. The number of hydrogen-bond acceptors (Lipinski definition) is 13. The topological polar surface area (TPSA) is 208 Å². The van der Waals surface area contributed by atoms with Crippen LogP contribution in [-0.2, 0) is 58.8 Å². The van der Waals surface area contributed by atoms with Crippen molar-refractivity contribution in [3.8, 4) is 0 Å². The van der Waals surface area contributed by atoms with Gasteiger partial charge in [0.05, 0.1) is 71.5 Å². The minimum Gasteiger partial charge on any atom is -0.390 e. The molecule has 0 spiro atoms. The summed E-state index contributed by atoms with van der Waals surface area (Å²) in [7, 11) is 0. The van der Waals surface area contributed by atoms with Crippen molar-refractivity contribution in [1.29, 1.82) is 0 Å². The molecule has 0 unspecified atom stereocenters. The maximum atomic E-state index is 17.8. The Bertz CT molecular complexity index is 2450. The number of aliphatic hydroxyl groups is 2. The highest BCUT2D eigenvalue weighted by Crippen LogP contribution is 2.72. The van der Waals surface area contributed by atoms with Crippen LogP contribution in [0.15, 0.2) is 96.6 Å². The van der Waals surface area contributed by atoms with Crippen LogP contribution in [-0.4, -0.2) is 147 Å². The Hall–Kier alpha value is -5.31. The molecule has 4 amide bonds. The standard InChI is InChI=1S/C54H65F2N3O13/c1-34-13-16-51(2)41(27-34)42(55)30-40-39-31-45-54(44(62)33-60,52(39,3)32-43(61)53(40,51)56)72-50(71-45)37-9-7-35(8-10-37)28-36-5-4-6-38(29-36)58-47(64)15-19-67-21-23-69-25-26-70-24-22-68-20-17-57-46(63)14-18-59-48(65)11-12-49(59)66/h4-13,16,27,29,39-40,42-43,45,50,60-61H,1,14-15,17-26,28,30-33H2,2-3H3,(H,57,63)(H,58,64)/t39-,40-,42-,43-,45+,50+,51-,52-,53-,54+/m0/s1. The minimum atomic E-state index is -2.23. The lowest BCUT2D eigenvalue weighted by atomic mass is 9.44. The van der Waals surface area contributed by atoms with Gasteiger partial charge >= 0.3 is 0 Å². The Morgan fingerprint density at radius 2 is 1.51 bits per heavy atom. The lowest BCUT2D eigenvalue weighted by Crippen LogP contribution is -2.70. The molecule has 1 saturated heterocycles. The van der Waals surface area contributed by atoms with E-state index in [1.807, 2.05) is 48.5 Å². The molecule has 6 aliphatic rings. The first-order chi connectivity index (χ1) is 34.5. The maximum Gasteiger partial charge on any atom is 0.253 e. The summed E-state index contributed by atoms with van der Waals surface area (Å²) in [6, 6.07) is 15.1. The molecule has 4 fully saturated rings. The van der Waals surface area contributed by atoms with E-state index in [4.69, 9.17) is 28.4 Å². The molecule has 18 heteroatoms. The van der Waals surface area contributed by atoms with Gasteiger partial charge in [-0.2, -0.15) is 0 Å². The summed E-state index contributed by atoms with van der Waals surface area (Å²) in [5, 5.41) is 27.8. The molecule has 4 N–H and O–H groups in total. The van der Waals surface area contributed by atoms with Crippen LogP contribution < -0.4 is 10.6 Å². The SMILES string of the molecule is C=C1C=C[C@@]2(C)C(=C1)[C@@H](F)C[C@H]1[C@@H]3C[C@H]4O[C@@H](c5ccc(Cc6cccc(NC(=O)CCOCCOCCOCCOCCNC(=O)CCN7C(=O)C=CC7=O)c6)cc5)O[C@@]4(C(=O)CO)[C@@]3(C)C[C@H](O)[C@@]12F. The van der Waals surface area contributed by atoms with Crippen LogP contribution in [0.2, 0.25) is 0 Å². The van der Waals surface area contributed by atoms with Crippen LogP contribution >= 0.6 is 0 Å². The third kappa shape index (κ3) is 10.4. The van der Waals surface area contributed by atoms with Crippen molar-refractivity contribution in [3.05, 3.63) is 113 Å². The number of nitrogens with one attached hydrogen (secondary N) is 2. The molecule has 2 aromatic rings. The zero-order valence-electron chi connectivity index (χ0n) is 40.8. The number of rotatable bonds is 24. The fraction of sp³-hybridized carbons (Fsp3) is 0.537. The van der Waals surface area contributed by atoms with E-state index in [0.717, 1.165) is 16.0 Å². The number of benzene rings is 2. The van der Waals surface area contributed by atoms with Crippen LogP contribution in [0.3, 0.4) is 0 Å². The number of carbonyl (C=O) groups excluding carboxylic acids is 5. The molecule has 0 bridgehead atoms. The van der Waals surface area contributed by atoms with Crippen molar-refractivity contribution in [2.24, 2.45) is 22.7 Å². The number of fused-ring (bicyclic) bond motifs is 7. The predicted octanol–water partition coefficient (Wildman–Crippen LogP) is 4.73. The van der Waals surface area contributed by atoms with Gasteiger partial charge in [-0.3, -0.25) is 28.9 Å². The predicted molar refractivity (Wildman–Crippen MR) is 257 cm³/mol. The average Bonchev–Trinajstić information content (AvgIpc) is 3.98. The van der Waals surface area contributed by atoms with Crippen LogP contribution in [0.1, 0.15) is 68.9 Å². The fourth-order valence-electron chi connectivity index (χ4n) is 11.9. The van der Waals surface area contributed by atoms with Gasteiger partial charge in [0.1, 0.15) is 12.8 Å². The van der Waals surface area contributed by atoms with E-state index in [2.05, 4.69) is 17.2 Å². The third-order valence-electron chi connectivity index (χ3n) is 15.5. The van der Waals surface area contributed by atoms with E-state index < -0.39 is 82.8 Å². The average molecular weight is 1000 g/mol. The van der Waals surface area contributed by atoms with Crippen LogP contribution in [0.25, 0.3) is 0 Å². The minimum absolute atomic E-state index is 0.0197. The van der Waals surface area contributed by atoms with Crippen molar-refractivity contribution in [3.63, 3.8) is 0 Å².